The zero-order valence-electron chi connectivity index (χ0n) is 15.6. The fourth-order valence-electron chi connectivity index (χ4n) is 3.50. The minimum absolute atomic E-state index is 0.0262. The van der Waals surface area contributed by atoms with Crippen molar-refractivity contribution in [3.8, 4) is 22.8 Å². The molecular weight excluding hydrogens is 404 g/mol. The molecular formula is C23H19ClN2O2S. The summed E-state index contributed by atoms with van der Waals surface area (Å²) in [5.41, 5.74) is 4.16. The zero-order chi connectivity index (χ0) is 19.6. The Kier molecular flexibility index (Phi) is 5.10. The second kappa shape index (κ2) is 8.03. The molecule has 1 atom stereocenters. The van der Waals surface area contributed by atoms with Crippen molar-refractivity contribution in [2.24, 2.45) is 0 Å². The molecule has 1 N–H and O–H groups in total. The molecule has 2 aromatic heterocycles. The molecule has 6 heteroatoms. The molecule has 2 aromatic carbocycles. The lowest BCUT2D eigenvalue weighted by atomic mass is 10.1. The van der Waals surface area contributed by atoms with Crippen LogP contribution in [0.15, 0.2) is 65.4 Å². The first kappa shape index (κ1) is 18.4. The van der Waals surface area contributed by atoms with Crippen molar-refractivity contribution in [2.45, 2.75) is 12.6 Å². The summed E-state index contributed by atoms with van der Waals surface area (Å²) in [5, 5.41) is 9.48. The first-order valence-corrected chi connectivity index (χ1v) is 10.8. The summed E-state index contributed by atoms with van der Waals surface area (Å²) in [5.74, 6) is 1.61. The van der Waals surface area contributed by atoms with Crippen LogP contribution in [0.5, 0.6) is 11.5 Å². The zero-order valence-corrected chi connectivity index (χ0v) is 17.2. The number of rotatable bonds is 5. The van der Waals surface area contributed by atoms with E-state index in [-0.39, 0.29) is 6.10 Å². The molecule has 3 heterocycles. The van der Waals surface area contributed by atoms with Crippen LogP contribution < -0.4 is 14.8 Å². The highest BCUT2D eigenvalue weighted by atomic mass is 35.5. The molecule has 1 aliphatic heterocycles. The van der Waals surface area contributed by atoms with Crippen LogP contribution in [-0.2, 0) is 6.54 Å². The Morgan fingerprint density at radius 3 is 2.86 bits per heavy atom. The number of nitrogens with zero attached hydrogens (tertiary/aromatic N) is 1. The monoisotopic (exact) mass is 422 g/mol. The number of benzene rings is 2. The Balaban J connectivity index is 1.35. The highest BCUT2D eigenvalue weighted by Crippen LogP contribution is 2.31. The van der Waals surface area contributed by atoms with E-state index in [0.29, 0.717) is 24.7 Å². The topological polar surface area (TPSA) is 43.4 Å². The minimum atomic E-state index is -0.0262. The molecule has 1 unspecified atom stereocenters. The van der Waals surface area contributed by atoms with Crippen molar-refractivity contribution in [1.82, 2.24) is 10.3 Å². The average Bonchev–Trinajstić information content (AvgIpc) is 3.28. The number of ether oxygens (including phenoxy) is 2. The highest BCUT2D eigenvalue weighted by molar-refractivity contribution is 7.08. The average molecular weight is 423 g/mol. The second-order valence-corrected chi connectivity index (χ2v) is 8.19. The van der Waals surface area contributed by atoms with Gasteiger partial charge in [-0.2, -0.15) is 11.3 Å². The van der Waals surface area contributed by atoms with E-state index in [0.717, 1.165) is 39.2 Å². The molecule has 0 saturated heterocycles. The molecule has 1 aliphatic rings. The van der Waals surface area contributed by atoms with Crippen LogP contribution in [0.25, 0.3) is 22.2 Å². The number of pyridine rings is 1. The smallest absolute Gasteiger partial charge is 0.161 e. The lowest BCUT2D eigenvalue weighted by molar-refractivity contribution is 0.0902. The molecule has 29 heavy (non-hydrogen) atoms. The fraction of sp³-hybridized carbons (Fsp3) is 0.174. The van der Waals surface area contributed by atoms with Crippen LogP contribution in [-0.4, -0.2) is 24.2 Å². The number of thiophene rings is 1. The van der Waals surface area contributed by atoms with Gasteiger partial charge in [-0.05, 0) is 47.3 Å². The molecule has 4 nitrogen and oxygen atoms in total. The van der Waals surface area contributed by atoms with Crippen LogP contribution in [0, 0.1) is 0 Å². The predicted octanol–water partition coefficient (Wildman–Crippen LogP) is 5.55. The third kappa shape index (κ3) is 3.94. The van der Waals surface area contributed by atoms with Gasteiger partial charge >= 0.3 is 0 Å². The standard InChI is InChI=1S/C23H19ClN2O2S/c24-18-6-5-15-9-17(23(26-20(15)10-18)16-7-8-29-14-16)11-25-12-19-13-27-21-3-1-2-4-22(21)28-19/h1-10,14,19,25H,11-13H2. The molecule has 0 amide bonds. The maximum atomic E-state index is 6.17. The van der Waals surface area contributed by atoms with Gasteiger partial charge in [-0.1, -0.05) is 29.8 Å². The van der Waals surface area contributed by atoms with Gasteiger partial charge in [0.05, 0.1) is 11.2 Å². The van der Waals surface area contributed by atoms with Gasteiger partial charge in [0.2, 0.25) is 0 Å². The van der Waals surface area contributed by atoms with Gasteiger partial charge < -0.3 is 14.8 Å². The van der Waals surface area contributed by atoms with Gasteiger partial charge in [0, 0.05) is 34.4 Å². The van der Waals surface area contributed by atoms with Crippen LogP contribution in [0.2, 0.25) is 5.02 Å². The number of fused-ring (bicyclic) bond motifs is 2. The number of aromatic nitrogens is 1. The number of halogens is 1. The predicted molar refractivity (Wildman–Crippen MR) is 118 cm³/mol. The lowest BCUT2D eigenvalue weighted by Gasteiger charge is -2.26. The molecule has 0 fully saturated rings. The SMILES string of the molecule is Clc1ccc2cc(CNCC3COc4ccccc4O3)c(-c3ccsc3)nc2c1. The van der Waals surface area contributed by atoms with Crippen molar-refractivity contribution < 1.29 is 9.47 Å². The fourth-order valence-corrected chi connectivity index (χ4v) is 4.31. The lowest BCUT2D eigenvalue weighted by Crippen LogP contribution is -2.38. The highest BCUT2D eigenvalue weighted by Gasteiger charge is 2.20. The van der Waals surface area contributed by atoms with Crippen molar-refractivity contribution in [1.29, 1.82) is 0 Å². The summed E-state index contributed by atoms with van der Waals surface area (Å²) in [4.78, 5) is 4.90. The molecule has 0 aliphatic carbocycles. The molecule has 0 bridgehead atoms. The van der Waals surface area contributed by atoms with Crippen LogP contribution >= 0.6 is 22.9 Å². The summed E-state index contributed by atoms with van der Waals surface area (Å²) >= 11 is 7.83. The van der Waals surface area contributed by atoms with Crippen molar-refractivity contribution in [3.05, 3.63) is 75.9 Å². The Morgan fingerprint density at radius 1 is 1.10 bits per heavy atom. The van der Waals surface area contributed by atoms with Gasteiger partial charge in [-0.3, -0.25) is 0 Å². The van der Waals surface area contributed by atoms with E-state index in [9.17, 15) is 0 Å². The molecule has 0 radical (unpaired) electrons. The summed E-state index contributed by atoms with van der Waals surface area (Å²) in [6, 6.07) is 17.9. The minimum Gasteiger partial charge on any atom is -0.486 e. The van der Waals surface area contributed by atoms with Crippen molar-refractivity contribution in [3.63, 3.8) is 0 Å². The van der Waals surface area contributed by atoms with E-state index < -0.39 is 0 Å². The normalized spacial score (nSPS) is 15.6. The second-order valence-electron chi connectivity index (χ2n) is 6.97. The van der Waals surface area contributed by atoms with E-state index in [2.05, 4.69) is 28.2 Å². The third-order valence-electron chi connectivity index (χ3n) is 4.91. The molecule has 146 valence electrons. The third-order valence-corrected chi connectivity index (χ3v) is 5.83. The van der Waals surface area contributed by atoms with E-state index in [4.69, 9.17) is 26.1 Å². The summed E-state index contributed by atoms with van der Waals surface area (Å²) in [6.45, 7) is 1.92. The Morgan fingerprint density at radius 2 is 2.00 bits per heavy atom. The molecule has 0 spiro atoms. The molecule has 5 rings (SSSR count). The van der Waals surface area contributed by atoms with Crippen LogP contribution in [0.4, 0.5) is 0 Å². The van der Waals surface area contributed by atoms with Crippen molar-refractivity contribution >= 4 is 33.8 Å². The largest absolute Gasteiger partial charge is 0.486 e. The van der Waals surface area contributed by atoms with Gasteiger partial charge in [-0.15, -0.1) is 0 Å². The molecule has 0 saturated carbocycles. The Bertz CT molecular complexity index is 1150. The van der Waals surface area contributed by atoms with E-state index >= 15 is 0 Å². The first-order chi connectivity index (χ1) is 14.3. The number of hydrogen-bond donors (Lipinski definition) is 1. The first-order valence-electron chi connectivity index (χ1n) is 9.47. The molecule has 4 aromatic rings. The summed E-state index contributed by atoms with van der Waals surface area (Å²) < 4.78 is 11.8. The van der Waals surface area contributed by atoms with Crippen LogP contribution in [0.3, 0.4) is 0 Å². The van der Waals surface area contributed by atoms with E-state index in [1.807, 2.05) is 42.5 Å². The Hall–Kier alpha value is -2.60. The quantitative estimate of drug-likeness (QED) is 0.458. The van der Waals surface area contributed by atoms with Gasteiger partial charge in [0.15, 0.2) is 11.5 Å². The number of nitrogens with one attached hydrogen (secondary N) is 1. The van der Waals surface area contributed by atoms with Gasteiger partial charge in [0.25, 0.3) is 0 Å². The number of para-hydroxylation sites is 2. The number of hydrogen-bond acceptors (Lipinski definition) is 5. The maximum Gasteiger partial charge on any atom is 0.161 e. The van der Waals surface area contributed by atoms with E-state index in [1.54, 1.807) is 11.3 Å². The van der Waals surface area contributed by atoms with Crippen molar-refractivity contribution in [2.75, 3.05) is 13.2 Å². The maximum absolute atomic E-state index is 6.17. The van der Waals surface area contributed by atoms with Gasteiger partial charge in [0.1, 0.15) is 12.7 Å². The van der Waals surface area contributed by atoms with E-state index in [1.165, 1.54) is 0 Å². The summed E-state index contributed by atoms with van der Waals surface area (Å²) in [6.07, 6.45) is -0.0262. The van der Waals surface area contributed by atoms with Gasteiger partial charge in [-0.25, -0.2) is 4.98 Å². The Labute approximate surface area is 178 Å². The van der Waals surface area contributed by atoms with Crippen LogP contribution in [0.1, 0.15) is 5.56 Å². The summed E-state index contributed by atoms with van der Waals surface area (Å²) in [7, 11) is 0.